The van der Waals surface area contributed by atoms with Crippen molar-refractivity contribution in [3.05, 3.63) is 90.2 Å². The fourth-order valence-corrected chi connectivity index (χ4v) is 4.63. The van der Waals surface area contributed by atoms with E-state index < -0.39 is 28.3 Å². The molecule has 0 saturated heterocycles. The second-order valence-electron chi connectivity index (χ2n) is 8.15. The number of amides is 2. The molecule has 3 rings (SSSR count). The lowest BCUT2D eigenvalue weighted by molar-refractivity contribution is -0.123. The first kappa shape index (κ1) is 27.3. The van der Waals surface area contributed by atoms with Crippen molar-refractivity contribution in [2.24, 2.45) is 5.10 Å². The number of para-hydroxylation sites is 1. The number of benzene rings is 3. The number of hydrazone groups is 1. The van der Waals surface area contributed by atoms with Crippen LogP contribution in [-0.4, -0.2) is 45.6 Å². The van der Waals surface area contributed by atoms with Gasteiger partial charge in [-0.1, -0.05) is 30.3 Å². The van der Waals surface area contributed by atoms with Gasteiger partial charge in [-0.3, -0.25) is 13.9 Å². The van der Waals surface area contributed by atoms with Crippen LogP contribution in [0.2, 0.25) is 0 Å². The minimum atomic E-state index is -4.23. The number of nitrogens with one attached hydrogen (secondary N) is 2. The first-order chi connectivity index (χ1) is 17.7. The summed E-state index contributed by atoms with van der Waals surface area (Å²) in [6.45, 7) is 2.89. The lowest BCUT2D eigenvalue weighted by Gasteiger charge is -2.24. The highest BCUT2D eigenvalue weighted by atomic mass is 32.2. The molecule has 0 aromatic heterocycles. The number of carbonyl (C=O) groups is 2. The van der Waals surface area contributed by atoms with E-state index in [1.165, 1.54) is 48.7 Å². The van der Waals surface area contributed by atoms with Crippen LogP contribution in [0.15, 0.2) is 88.9 Å². The molecule has 194 valence electrons. The maximum atomic E-state index is 14.5. The number of rotatable bonds is 11. The topological polar surface area (TPSA) is 117 Å². The van der Waals surface area contributed by atoms with Gasteiger partial charge in [0.05, 0.1) is 16.8 Å². The Kier molecular flexibility index (Phi) is 9.33. The van der Waals surface area contributed by atoms with Crippen LogP contribution < -0.4 is 19.8 Å². The molecule has 37 heavy (non-hydrogen) atoms. The average Bonchev–Trinajstić information content (AvgIpc) is 2.87. The lowest BCUT2D eigenvalue weighted by Crippen LogP contribution is -2.40. The van der Waals surface area contributed by atoms with E-state index in [0.29, 0.717) is 15.6 Å². The smallest absolute Gasteiger partial charge is 0.264 e. The number of hydrogen-bond donors (Lipinski definition) is 2. The fourth-order valence-electron chi connectivity index (χ4n) is 3.18. The zero-order valence-electron chi connectivity index (χ0n) is 20.3. The van der Waals surface area contributed by atoms with Crippen LogP contribution in [0.25, 0.3) is 0 Å². The van der Waals surface area contributed by atoms with Crippen LogP contribution in [0.4, 0.5) is 10.1 Å². The Hall–Kier alpha value is -4.25. The molecule has 0 aliphatic carbocycles. The van der Waals surface area contributed by atoms with E-state index in [1.54, 1.807) is 30.3 Å². The normalized spacial score (nSPS) is 11.4. The first-order valence-corrected chi connectivity index (χ1v) is 12.8. The Labute approximate surface area is 215 Å². The van der Waals surface area contributed by atoms with Gasteiger partial charge in [-0.25, -0.2) is 18.2 Å². The van der Waals surface area contributed by atoms with Crippen LogP contribution >= 0.6 is 0 Å². The number of sulfonamides is 1. The molecule has 0 fully saturated rings. The zero-order valence-corrected chi connectivity index (χ0v) is 21.1. The molecule has 0 heterocycles. The van der Waals surface area contributed by atoms with Crippen molar-refractivity contribution in [1.29, 1.82) is 0 Å². The minimum Gasteiger partial charge on any atom is -0.484 e. The van der Waals surface area contributed by atoms with Crippen LogP contribution in [0.1, 0.15) is 19.4 Å². The molecule has 3 aromatic carbocycles. The number of nitrogens with zero attached hydrogens (tertiary/aromatic N) is 2. The molecule has 0 atom stereocenters. The van der Waals surface area contributed by atoms with E-state index in [9.17, 15) is 22.4 Å². The third-order valence-electron chi connectivity index (χ3n) is 4.84. The first-order valence-electron chi connectivity index (χ1n) is 11.3. The van der Waals surface area contributed by atoms with Crippen molar-refractivity contribution in [2.45, 2.75) is 24.8 Å². The van der Waals surface area contributed by atoms with Crippen LogP contribution in [0, 0.1) is 5.82 Å². The number of halogens is 1. The predicted octanol–water partition coefficient (Wildman–Crippen LogP) is 3.07. The largest absolute Gasteiger partial charge is 0.484 e. The van der Waals surface area contributed by atoms with E-state index in [-0.39, 0.29) is 29.1 Å². The molecule has 9 nitrogen and oxygen atoms in total. The molecule has 0 bridgehead atoms. The highest BCUT2D eigenvalue weighted by molar-refractivity contribution is 7.92. The molecule has 0 unspecified atom stereocenters. The SMILES string of the molecule is CC(C)NC(=O)COc1ccc(/C=N\NC(=O)CN(c2ccccc2F)S(=O)(=O)c2ccccc2)cc1. The van der Waals surface area contributed by atoms with Crippen molar-refractivity contribution in [1.82, 2.24) is 10.7 Å². The highest BCUT2D eigenvalue weighted by Gasteiger charge is 2.28. The van der Waals surface area contributed by atoms with Gasteiger partial charge in [-0.2, -0.15) is 5.10 Å². The van der Waals surface area contributed by atoms with Gasteiger partial charge in [0, 0.05) is 6.04 Å². The monoisotopic (exact) mass is 526 g/mol. The van der Waals surface area contributed by atoms with E-state index in [0.717, 1.165) is 6.07 Å². The van der Waals surface area contributed by atoms with E-state index >= 15 is 0 Å². The third-order valence-corrected chi connectivity index (χ3v) is 6.62. The van der Waals surface area contributed by atoms with Crippen molar-refractivity contribution >= 4 is 33.7 Å². The molecule has 0 aliphatic rings. The van der Waals surface area contributed by atoms with E-state index in [2.05, 4.69) is 15.8 Å². The molecule has 0 saturated carbocycles. The second-order valence-corrected chi connectivity index (χ2v) is 10.0. The van der Waals surface area contributed by atoms with Gasteiger partial charge in [0.25, 0.3) is 21.8 Å². The quantitative estimate of drug-likeness (QED) is 0.294. The summed E-state index contributed by atoms with van der Waals surface area (Å²) in [5, 5.41) is 6.58. The van der Waals surface area contributed by atoms with Crippen LogP contribution in [0.3, 0.4) is 0 Å². The zero-order chi connectivity index (χ0) is 26.8. The highest BCUT2D eigenvalue weighted by Crippen LogP contribution is 2.25. The fraction of sp³-hybridized carbons (Fsp3) is 0.192. The molecule has 0 spiro atoms. The van der Waals surface area contributed by atoms with Crippen molar-refractivity contribution in [3.63, 3.8) is 0 Å². The summed E-state index contributed by atoms with van der Waals surface area (Å²) in [7, 11) is -4.23. The van der Waals surface area contributed by atoms with E-state index in [1.807, 2.05) is 13.8 Å². The Morgan fingerprint density at radius 1 is 0.973 bits per heavy atom. The molecular weight excluding hydrogens is 499 g/mol. The minimum absolute atomic E-state index is 0.0159. The molecule has 11 heteroatoms. The van der Waals surface area contributed by atoms with Crippen molar-refractivity contribution < 1.29 is 27.1 Å². The van der Waals surface area contributed by atoms with Crippen LogP contribution in [0.5, 0.6) is 5.75 Å². The lowest BCUT2D eigenvalue weighted by atomic mass is 10.2. The maximum Gasteiger partial charge on any atom is 0.264 e. The number of hydrogen-bond acceptors (Lipinski definition) is 6. The summed E-state index contributed by atoms with van der Waals surface area (Å²) in [4.78, 5) is 24.2. The molecule has 2 N–H and O–H groups in total. The van der Waals surface area contributed by atoms with Crippen molar-refractivity contribution in [2.75, 3.05) is 17.5 Å². The Balaban J connectivity index is 1.65. The average molecular weight is 527 g/mol. The van der Waals surface area contributed by atoms with Gasteiger partial charge < -0.3 is 10.1 Å². The summed E-state index contributed by atoms with van der Waals surface area (Å²) >= 11 is 0. The second kappa shape index (κ2) is 12.6. The summed E-state index contributed by atoms with van der Waals surface area (Å²) in [6, 6.07) is 19.4. The summed E-state index contributed by atoms with van der Waals surface area (Å²) in [5.41, 5.74) is 2.62. The van der Waals surface area contributed by atoms with Gasteiger partial charge in [0.1, 0.15) is 18.1 Å². The van der Waals surface area contributed by atoms with Gasteiger partial charge in [-0.05, 0) is 67.9 Å². The number of ether oxygens (including phenoxy) is 1. The summed E-state index contributed by atoms with van der Waals surface area (Å²) in [5.74, 6) is -1.31. The summed E-state index contributed by atoms with van der Waals surface area (Å²) in [6.07, 6.45) is 1.35. The molecule has 3 aromatic rings. The van der Waals surface area contributed by atoms with Gasteiger partial charge in [-0.15, -0.1) is 0 Å². The Morgan fingerprint density at radius 2 is 1.62 bits per heavy atom. The van der Waals surface area contributed by atoms with Crippen molar-refractivity contribution in [3.8, 4) is 5.75 Å². The van der Waals surface area contributed by atoms with E-state index in [4.69, 9.17) is 4.74 Å². The Bertz CT molecular complexity index is 1350. The third kappa shape index (κ3) is 7.87. The standard InChI is InChI=1S/C26H27FN4O5S/c1-19(2)29-26(33)18-36-21-14-12-20(13-15-21)16-28-30-25(32)17-31(24-11-7-6-10-23(24)27)37(34,35)22-8-4-3-5-9-22/h3-16,19H,17-18H2,1-2H3,(H,29,33)(H,30,32)/b28-16-. The molecular formula is C26H27FN4O5S. The maximum absolute atomic E-state index is 14.5. The molecule has 0 radical (unpaired) electrons. The number of carbonyl (C=O) groups excluding carboxylic acids is 2. The number of anilines is 1. The predicted molar refractivity (Wildman–Crippen MR) is 138 cm³/mol. The molecule has 2 amide bonds. The van der Waals surface area contributed by atoms with Gasteiger partial charge in [0.15, 0.2) is 6.61 Å². The van der Waals surface area contributed by atoms with Gasteiger partial charge in [0.2, 0.25) is 0 Å². The van der Waals surface area contributed by atoms with Crippen LogP contribution in [-0.2, 0) is 19.6 Å². The van der Waals surface area contributed by atoms with Gasteiger partial charge >= 0.3 is 0 Å². The molecule has 0 aliphatic heterocycles. The Morgan fingerprint density at radius 3 is 2.27 bits per heavy atom. The summed E-state index contributed by atoms with van der Waals surface area (Å²) < 4.78 is 47.0.